The number of piperidine rings is 1. The second-order valence-electron chi connectivity index (χ2n) is 6.96. The highest BCUT2D eigenvalue weighted by atomic mass is 16.5. The van der Waals surface area contributed by atoms with Crippen LogP contribution in [0.25, 0.3) is 11.0 Å². The third kappa shape index (κ3) is 3.83. The van der Waals surface area contributed by atoms with Crippen LogP contribution in [-0.2, 0) is 6.54 Å². The van der Waals surface area contributed by atoms with Crippen molar-refractivity contribution in [2.45, 2.75) is 25.4 Å². The molecule has 0 spiro atoms. The number of nitrogens with one attached hydrogen (secondary N) is 1. The molecule has 1 aromatic heterocycles. The first-order chi connectivity index (χ1) is 12.8. The first kappa shape index (κ1) is 16.9. The lowest BCUT2D eigenvalue weighted by molar-refractivity contribution is 0.262. The summed E-state index contributed by atoms with van der Waals surface area (Å²) in [6, 6.07) is 18.8. The maximum atomic E-state index is 5.90. The van der Waals surface area contributed by atoms with Crippen LogP contribution in [0.5, 0.6) is 5.75 Å². The molecule has 1 aliphatic rings. The number of imidazole rings is 1. The average Bonchev–Trinajstić information content (AvgIpc) is 3.02. The van der Waals surface area contributed by atoms with Gasteiger partial charge in [0.15, 0.2) is 0 Å². The van der Waals surface area contributed by atoms with Crippen molar-refractivity contribution in [2.75, 3.05) is 32.1 Å². The second-order valence-corrected chi connectivity index (χ2v) is 6.96. The number of para-hydroxylation sites is 3. The summed E-state index contributed by atoms with van der Waals surface area (Å²) in [5, 5.41) is 3.68. The number of anilines is 1. The van der Waals surface area contributed by atoms with E-state index in [1.807, 2.05) is 36.4 Å². The summed E-state index contributed by atoms with van der Waals surface area (Å²) in [5.41, 5.74) is 2.18. The van der Waals surface area contributed by atoms with Crippen molar-refractivity contribution >= 4 is 17.0 Å². The van der Waals surface area contributed by atoms with E-state index < -0.39 is 0 Å². The van der Waals surface area contributed by atoms with Crippen molar-refractivity contribution < 1.29 is 4.74 Å². The number of benzene rings is 2. The summed E-state index contributed by atoms with van der Waals surface area (Å²) >= 11 is 0. The predicted octanol–water partition coefficient (Wildman–Crippen LogP) is 3.62. The Bertz CT molecular complexity index is 838. The highest BCUT2D eigenvalue weighted by Crippen LogP contribution is 2.22. The molecule has 1 fully saturated rings. The van der Waals surface area contributed by atoms with E-state index >= 15 is 0 Å². The van der Waals surface area contributed by atoms with Crippen LogP contribution in [0.4, 0.5) is 5.95 Å². The molecule has 2 heterocycles. The summed E-state index contributed by atoms with van der Waals surface area (Å²) in [7, 11) is 2.19. The summed E-state index contributed by atoms with van der Waals surface area (Å²) < 4.78 is 8.15. The van der Waals surface area contributed by atoms with Crippen molar-refractivity contribution in [2.24, 2.45) is 0 Å². The molecule has 1 saturated heterocycles. The molecule has 4 rings (SSSR count). The topological polar surface area (TPSA) is 42.3 Å². The summed E-state index contributed by atoms with van der Waals surface area (Å²) in [6.07, 6.45) is 2.31. The molecule has 26 heavy (non-hydrogen) atoms. The van der Waals surface area contributed by atoms with Crippen LogP contribution in [0.2, 0.25) is 0 Å². The molecular formula is C21H26N4O. The van der Waals surface area contributed by atoms with Gasteiger partial charge in [0.2, 0.25) is 5.95 Å². The van der Waals surface area contributed by atoms with Gasteiger partial charge in [-0.1, -0.05) is 30.3 Å². The minimum Gasteiger partial charge on any atom is -0.492 e. The molecule has 5 nitrogen and oxygen atoms in total. The zero-order chi connectivity index (χ0) is 17.8. The Labute approximate surface area is 154 Å². The summed E-state index contributed by atoms with van der Waals surface area (Å²) in [4.78, 5) is 7.22. The molecule has 0 bridgehead atoms. The van der Waals surface area contributed by atoms with E-state index in [2.05, 4.69) is 40.0 Å². The van der Waals surface area contributed by atoms with Crippen LogP contribution in [0, 0.1) is 0 Å². The third-order valence-electron chi connectivity index (χ3n) is 5.03. The van der Waals surface area contributed by atoms with Gasteiger partial charge in [-0.05, 0) is 57.2 Å². The number of ether oxygens (including phenoxy) is 1. The molecule has 2 aromatic carbocycles. The molecule has 0 saturated carbocycles. The van der Waals surface area contributed by atoms with Crippen molar-refractivity contribution in [3.8, 4) is 5.75 Å². The number of rotatable bonds is 6. The van der Waals surface area contributed by atoms with E-state index in [4.69, 9.17) is 9.72 Å². The Morgan fingerprint density at radius 1 is 1.04 bits per heavy atom. The minimum atomic E-state index is 0.483. The van der Waals surface area contributed by atoms with Crippen molar-refractivity contribution in [1.82, 2.24) is 14.5 Å². The summed E-state index contributed by atoms with van der Waals surface area (Å²) in [5.74, 6) is 1.86. The molecule has 0 amide bonds. The highest BCUT2D eigenvalue weighted by molar-refractivity contribution is 5.78. The Morgan fingerprint density at radius 3 is 2.58 bits per heavy atom. The Morgan fingerprint density at radius 2 is 1.77 bits per heavy atom. The van der Waals surface area contributed by atoms with Crippen LogP contribution < -0.4 is 10.1 Å². The van der Waals surface area contributed by atoms with Gasteiger partial charge < -0.3 is 19.5 Å². The van der Waals surface area contributed by atoms with E-state index in [0.717, 1.165) is 55.2 Å². The normalized spacial score (nSPS) is 16.0. The van der Waals surface area contributed by atoms with Crippen LogP contribution in [-0.4, -0.2) is 47.2 Å². The monoisotopic (exact) mass is 350 g/mol. The Balaban J connectivity index is 1.50. The minimum absolute atomic E-state index is 0.483. The van der Waals surface area contributed by atoms with Crippen LogP contribution in [0.1, 0.15) is 12.8 Å². The van der Waals surface area contributed by atoms with E-state index in [1.54, 1.807) is 0 Å². The molecule has 136 valence electrons. The van der Waals surface area contributed by atoms with Crippen LogP contribution in [0.15, 0.2) is 54.6 Å². The van der Waals surface area contributed by atoms with Gasteiger partial charge in [0.05, 0.1) is 17.6 Å². The van der Waals surface area contributed by atoms with E-state index in [9.17, 15) is 0 Å². The highest BCUT2D eigenvalue weighted by Gasteiger charge is 2.19. The smallest absolute Gasteiger partial charge is 0.204 e. The third-order valence-corrected chi connectivity index (χ3v) is 5.03. The van der Waals surface area contributed by atoms with Gasteiger partial charge >= 0.3 is 0 Å². The molecule has 0 aliphatic carbocycles. The molecule has 1 N–H and O–H groups in total. The van der Waals surface area contributed by atoms with Gasteiger partial charge in [-0.25, -0.2) is 4.98 Å². The quantitative estimate of drug-likeness (QED) is 0.737. The van der Waals surface area contributed by atoms with E-state index in [-0.39, 0.29) is 0 Å². The van der Waals surface area contributed by atoms with Crippen LogP contribution >= 0.6 is 0 Å². The number of hydrogen-bond acceptors (Lipinski definition) is 4. The number of aromatic nitrogens is 2. The molecule has 3 aromatic rings. The number of nitrogens with zero attached hydrogens (tertiary/aromatic N) is 3. The number of fused-ring (bicyclic) bond motifs is 1. The lowest BCUT2D eigenvalue weighted by atomic mass is 10.1. The van der Waals surface area contributed by atoms with Gasteiger partial charge in [-0.2, -0.15) is 0 Å². The fraction of sp³-hybridized carbons (Fsp3) is 0.381. The zero-order valence-corrected chi connectivity index (χ0v) is 15.3. The number of likely N-dealkylation sites (tertiary alicyclic amines) is 1. The first-order valence-electron chi connectivity index (χ1n) is 9.38. The van der Waals surface area contributed by atoms with E-state index in [0.29, 0.717) is 12.6 Å². The van der Waals surface area contributed by atoms with Crippen molar-refractivity contribution in [1.29, 1.82) is 0 Å². The van der Waals surface area contributed by atoms with Crippen LogP contribution in [0.3, 0.4) is 0 Å². The standard InChI is InChI=1S/C21H26N4O/c1-24-13-11-17(12-14-24)22-21-23-19-9-5-6-10-20(19)25(21)15-16-26-18-7-3-2-4-8-18/h2-10,17H,11-16H2,1H3,(H,22,23). The molecule has 0 unspecified atom stereocenters. The van der Waals surface area contributed by atoms with Gasteiger partial charge in [0.1, 0.15) is 12.4 Å². The molecule has 5 heteroatoms. The SMILES string of the molecule is CN1CCC(Nc2nc3ccccc3n2CCOc2ccccc2)CC1. The van der Waals surface area contributed by atoms with Gasteiger partial charge in [-0.3, -0.25) is 0 Å². The maximum absolute atomic E-state index is 5.90. The maximum Gasteiger partial charge on any atom is 0.204 e. The fourth-order valence-electron chi connectivity index (χ4n) is 3.52. The van der Waals surface area contributed by atoms with E-state index in [1.165, 1.54) is 0 Å². The Hall–Kier alpha value is -2.53. The lowest BCUT2D eigenvalue weighted by Crippen LogP contribution is -2.37. The average molecular weight is 350 g/mol. The van der Waals surface area contributed by atoms with Gasteiger partial charge in [0.25, 0.3) is 0 Å². The Kier molecular flexibility index (Phi) is 5.07. The number of hydrogen-bond donors (Lipinski definition) is 1. The van der Waals surface area contributed by atoms with Crippen molar-refractivity contribution in [3.63, 3.8) is 0 Å². The van der Waals surface area contributed by atoms with Gasteiger partial charge in [0, 0.05) is 6.04 Å². The van der Waals surface area contributed by atoms with Crippen molar-refractivity contribution in [3.05, 3.63) is 54.6 Å². The molecule has 0 radical (unpaired) electrons. The van der Waals surface area contributed by atoms with Gasteiger partial charge in [-0.15, -0.1) is 0 Å². The largest absolute Gasteiger partial charge is 0.492 e. The molecule has 0 atom stereocenters. The molecule has 1 aliphatic heterocycles. The second kappa shape index (κ2) is 7.79. The lowest BCUT2D eigenvalue weighted by Gasteiger charge is -2.29. The predicted molar refractivity (Wildman–Crippen MR) is 106 cm³/mol. The fourth-order valence-corrected chi connectivity index (χ4v) is 3.52. The zero-order valence-electron chi connectivity index (χ0n) is 15.3. The molecular weight excluding hydrogens is 324 g/mol. The summed E-state index contributed by atoms with van der Waals surface area (Å²) in [6.45, 7) is 3.65. The first-order valence-corrected chi connectivity index (χ1v) is 9.38.